The molecule has 4 atom stereocenters. The third-order valence-corrected chi connectivity index (χ3v) is 15.8. The van der Waals surface area contributed by atoms with E-state index < -0.39 is 73.3 Å². The molecule has 328 valence electrons. The molecular formula is C48H76B4O8. The molecule has 12 heteroatoms. The molecule has 0 amide bonds. The third kappa shape index (κ3) is 9.77. The average Bonchev–Trinajstić information content (AvgIpc) is 3.69. The van der Waals surface area contributed by atoms with E-state index in [1.807, 2.05) is 6.08 Å². The maximum atomic E-state index is 6.99. The SMILES string of the molecule is C=CC[C@@H](C[C@H](C[C@@H](C[C@H](CCc1ccc(-c2ccccc2)cc1)B1OC(C)(C)C(C)(C)O1)B1OC(C)(C)C(C)(C)O1)B1OC(C)(C)C(C)(C)O1)B1OC(C)(C)C(C)(C)O1. The van der Waals surface area contributed by atoms with Crippen LogP contribution in [0.25, 0.3) is 11.1 Å². The summed E-state index contributed by atoms with van der Waals surface area (Å²) in [7, 11) is -1.74. The fourth-order valence-electron chi connectivity index (χ4n) is 8.87. The summed E-state index contributed by atoms with van der Waals surface area (Å²) in [6.45, 7) is 38.3. The van der Waals surface area contributed by atoms with Crippen molar-refractivity contribution in [2.45, 2.75) is 217 Å². The van der Waals surface area contributed by atoms with Crippen molar-refractivity contribution in [2.75, 3.05) is 0 Å². The zero-order chi connectivity index (χ0) is 44.3. The maximum Gasteiger partial charge on any atom is 0.461 e. The number of hydrogen-bond acceptors (Lipinski definition) is 8. The average molecular weight is 824 g/mol. The highest BCUT2D eigenvalue weighted by Crippen LogP contribution is 2.53. The minimum atomic E-state index is -0.510. The van der Waals surface area contributed by atoms with Crippen molar-refractivity contribution in [3.63, 3.8) is 0 Å². The lowest BCUT2D eigenvalue weighted by molar-refractivity contribution is 0.00578. The van der Waals surface area contributed by atoms with E-state index in [4.69, 9.17) is 37.2 Å². The van der Waals surface area contributed by atoms with Crippen LogP contribution in [-0.4, -0.2) is 73.3 Å². The highest BCUT2D eigenvalue weighted by Gasteiger charge is 2.61. The summed E-state index contributed by atoms with van der Waals surface area (Å²) in [6, 6.07) is 19.5. The van der Waals surface area contributed by atoms with Crippen LogP contribution in [0.3, 0.4) is 0 Å². The van der Waals surface area contributed by atoms with Gasteiger partial charge < -0.3 is 37.2 Å². The molecule has 0 bridgehead atoms. The van der Waals surface area contributed by atoms with Crippen LogP contribution in [0, 0.1) is 0 Å². The maximum absolute atomic E-state index is 6.99. The largest absolute Gasteiger partial charge is 0.461 e. The standard InChI is InChI=1S/C48H76B4O8/c1-18-22-37(49-53-41(2,3)42(4,5)54-49)31-39(51-57-45(10,11)46(12,13)58-51)33-40(52-59-47(14,15)48(16,17)60-52)32-38(50-55-43(6,7)44(8,9)56-50)30-27-34-25-28-36(29-26-34)35-23-20-19-21-24-35/h18-21,23-26,28-29,37-40H,1,22,27,30-33H2,2-17H3/t37-,38-,39+,40+/m0/s1. The zero-order valence-electron chi connectivity index (χ0n) is 40.1. The molecule has 0 unspecified atom stereocenters. The Morgan fingerprint density at radius 3 is 1.08 bits per heavy atom. The third-order valence-electron chi connectivity index (χ3n) is 15.8. The normalized spacial score (nSPS) is 26.3. The van der Waals surface area contributed by atoms with E-state index in [1.54, 1.807) is 0 Å². The molecule has 4 aliphatic rings. The summed E-state index contributed by atoms with van der Waals surface area (Å²) in [5, 5.41) is 0. The fraction of sp³-hybridized carbons (Fsp3) is 0.708. The van der Waals surface area contributed by atoms with Gasteiger partial charge in [-0.1, -0.05) is 79.9 Å². The minimum Gasteiger partial charge on any atom is -0.403 e. The van der Waals surface area contributed by atoms with E-state index in [0.29, 0.717) is 0 Å². The van der Waals surface area contributed by atoms with E-state index >= 15 is 0 Å². The predicted octanol–water partition coefficient (Wildman–Crippen LogP) is 11.9. The van der Waals surface area contributed by atoms with Crippen LogP contribution in [0.4, 0.5) is 0 Å². The number of aryl methyl sites for hydroxylation is 1. The molecule has 0 spiro atoms. The molecule has 8 nitrogen and oxygen atoms in total. The van der Waals surface area contributed by atoms with Crippen LogP contribution in [0.2, 0.25) is 23.3 Å². The van der Waals surface area contributed by atoms with Gasteiger partial charge in [-0.25, -0.2) is 0 Å². The molecule has 0 saturated carbocycles. The van der Waals surface area contributed by atoms with E-state index in [1.165, 1.54) is 16.7 Å². The van der Waals surface area contributed by atoms with Gasteiger partial charge in [0.15, 0.2) is 0 Å². The van der Waals surface area contributed by atoms with E-state index in [-0.39, 0.29) is 23.3 Å². The summed E-state index contributed by atoms with van der Waals surface area (Å²) in [4.78, 5) is 0. The number of hydrogen-bond donors (Lipinski definition) is 0. The molecular weight excluding hydrogens is 748 g/mol. The molecule has 60 heavy (non-hydrogen) atoms. The molecule has 0 N–H and O–H groups in total. The first kappa shape index (κ1) is 47.6. The quantitative estimate of drug-likeness (QED) is 0.122. The Labute approximate surface area is 365 Å². The van der Waals surface area contributed by atoms with Gasteiger partial charge in [0.2, 0.25) is 0 Å². The second kappa shape index (κ2) is 16.9. The first-order valence-corrected chi connectivity index (χ1v) is 22.8. The lowest BCUT2D eigenvalue weighted by atomic mass is 9.51. The molecule has 0 aliphatic carbocycles. The number of rotatable bonds is 16. The highest BCUT2D eigenvalue weighted by molar-refractivity contribution is 6.51. The van der Waals surface area contributed by atoms with Gasteiger partial charge in [0, 0.05) is 0 Å². The molecule has 0 aromatic heterocycles. The van der Waals surface area contributed by atoms with Gasteiger partial charge >= 0.3 is 28.5 Å². The van der Waals surface area contributed by atoms with Crippen molar-refractivity contribution in [3.05, 3.63) is 72.8 Å². The summed E-state index contributed by atoms with van der Waals surface area (Å²) in [5.41, 5.74) is -0.174. The predicted molar refractivity (Wildman–Crippen MR) is 248 cm³/mol. The summed E-state index contributed by atoms with van der Waals surface area (Å²) in [6.07, 6.45) is 6.69. The molecule has 2 aromatic carbocycles. The lowest BCUT2D eigenvalue weighted by Crippen LogP contribution is -2.41. The van der Waals surface area contributed by atoms with Crippen molar-refractivity contribution in [1.82, 2.24) is 0 Å². The van der Waals surface area contributed by atoms with Crippen molar-refractivity contribution in [3.8, 4) is 11.1 Å². The van der Waals surface area contributed by atoms with Crippen molar-refractivity contribution < 1.29 is 37.2 Å². The Hall–Kier alpha value is -1.88. The van der Waals surface area contributed by atoms with E-state index in [0.717, 1.165) is 38.5 Å². The zero-order valence-corrected chi connectivity index (χ0v) is 40.1. The van der Waals surface area contributed by atoms with Crippen LogP contribution in [-0.2, 0) is 43.7 Å². The summed E-state index contributed by atoms with van der Waals surface area (Å²) in [5.74, 6) is -0.0510. The number of benzene rings is 2. The van der Waals surface area contributed by atoms with Crippen molar-refractivity contribution in [2.24, 2.45) is 0 Å². The van der Waals surface area contributed by atoms with Crippen molar-refractivity contribution in [1.29, 1.82) is 0 Å². The smallest absolute Gasteiger partial charge is 0.403 e. The Bertz CT molecular complexity index is 1710. The van der Waals surface area contributed by atoms with Crippen LogP contribution >= 0.6 is 0 Å². The molecule has 4 aliphatic heterocycles. The van der Waals surface area contributed by atoms with E-state index in [9.17, 15) is 0 Å². The second-order valence-corrected chi connectivity index (χ2v) is 22.4. The van der Waals surface area contributed by atoms with Gasteiger partial charge in [-0.05, 0) is 170 Å². The topological polar surface area (TPSA) is 73.8 Å². The molecule has 6 rings (SSSR count). The van der Waals surface area contributed by atoms with Crippen LogP contribution in [0.15, 0.2) is 67.3 Å². The second-order valence-electron chi connectivity index (χ2n) is 22.4. The van der Waals surface area contributed by atoms with Crippen LogP contribution in [0.5, 0.6) is 0 Å². The van der Waals surface area contributed by atoms with Crippen LogP contribution < -0.4 is 0 Å². The van der Waals surface area contributed by atoms with Gasteiger partial charge in [-0.2, -0.15) is 0 Å². The summed E-state index contributed by atoms with van der Waals surface area (Å²) < 4.78 is 55.1. The van der Waals surface area contributed by atoms with Gasteiger partial charge in [-0.15, -0.1) is 6.58 Å². The van der Waals surface area contributed by atoms with Crippen LogP contribution in [0.1, 0.15) is 148 Å². The molecule has 4 saturated heterocycles. The fourth-order valence-corrected chi connectivity index (χ4v) is 8.87. The van der Waals surface area contributed by atoms with E-state index in [2.05, 4.69) is 172 Å². The molecule has 2 aromatic rings. The van der Waals surface area contributed by atoms with Gasteiger partial charge in [0.25, 0.3) is 0 Å². The first-order chi connectivity index (χ1) is 27.6. The molecule has 4 heterocycles. The van der Waals surface area contributed by atoms with Gasteiger partial charge in [0.1, 0.15) is 0 Å². The first-order valence-electron chi connectivity index (χ1n) is 22.8. The number of allylic oxidation sites excluding steroid dienone is 1. The Balaban J connectivity index is 1.35. The lowest BCUT2D eigenvalue weighted by Gasteiger charge is -2.32. The minimum absolute atomic E-state index is 0.0178. The Kier molecular flexibility index (Phi) is 13.4. The Morgan fingerprint density at radius 2 is 0.717 bits per heavy atom. The van der Waals surface area contributed by atoms with Crippen molar-refractivity contribution >= 4 is 28.5 Å². The summed E-state index contributed by atoms with van der Waals surface area (Å²) >= 11 is 0. The highest BCUT2D eigenvalue weighted by atomic mass is 16.7. The van der Waals surface area contributed by atoms with Gasteiger partial charge in [0.05, 0.1) is 44.8 Å². The van der Waals surface area contributed by atoms with Gasteiger partial charge in [-0.3, -0.25) is 0 Å². The molecule has 0 radical (unpaired) electrons. The molecule has 4 fully saturated rings. The Morgan fingerprint density at radius 1 is 0.417 bits per heavy atom. The monoisotopic (exact) mass is 825 g/mol.